The third-order valence-electron chi connectivity index (χ3n) is 10.2. The van der Waals surface area contributed by atoms with Gasteiger partial charge in [-0.3, -0.25) is 9.59 Å². The molecule has 0 unspecified atom stereocenters. The second-order valence-corrected chi connectivity index (χ2v) is 14.4. The van der Waals surface area contributed by atoms with Gasteiger partial charge >= 0.3 is 17.8 Å². The summed E-state index contributed by atoms with van der Waals surface area (Å²) in [6.45, 7) is 6.75. The van der Waals surface area contributed by atoms with Gasteiger partial charge in [-0.1, -0.05) is 38.1 Å². The van der Waals surface area contributed by atoms with E-state index in [-0.39, 0.29) is 35.6 Å². The number of carboxylic acids is 1. The fraction of sp³-hybridized carbons (Fsp3) is 0.385. The first kappa shape index (κ1) is 39.1. The van der Waals surface area contributed by atoms with Crippen molar-refractivity contribution >= 4 is 34.5 Å². The number of fused-ring (bicyclic) bond motifs is 1. The average Bonchev–Trinajstić information content (AvgIpc) is 3.83. The Morgan fingerprint density at radius 1 is 0.927 bits per heavy atom. The van der Waals surface area contributed by atoms with E-state index in [0.717, 1.165) is 52.0 Å². The standard InChI is InChI=1S/C39H42F4N8O4/c1-20(2)32-46-29-16-21(3)28(18-30(29)47-32)24-8-4-22(5-9-24)17-31(48-34(52)26-10-6-23(19-44)7-11-26)35(53)45-27-14-12-25(13-15-27)33-49-36(51-50-33)38(40,41)39(42,43)37(54)55/h4-5,8-9,12-16,18,20,23,26,31H,6-7,10-11,17,19,44H2,1-3H3,(H,45,53)(H,46,47)(H,48,52)(H,54,55)(H,49,50,51)/t23-,26-,31-/m0/s1. The summed E-state index contributed by atoms with van der Waals surface area (Å²) in [7, 11) is 0. The molecule has 2 heterocycles. The summed E-state index contributed by atoms with van der Waals surface area (Å²) in [6.07, 6.45) is 3.17. The highest BCUT2D eigenvalue weighted by Gasteiger charge is 2.65. The van der Waals surface area contributed by atoms with E-state index >= 15 is 0 Å². The first-order valence-corrected chi connectivity index (χ1v) is 18.0. The lowest BCUT2D eigenvalue weighted by Gasteiger charge is -2.28. The number of benzene rings is 3. The number of aryl methyl sites for hydroxylation is 1. The van der Waals surface area contributed by atoms with E-state index < -0.39 is 35.6 Å². The van der Waals surface area contributed by atoms with E-state index in [1.807, 2.05) is 36.2 Å². The fourth-order valence-corrected chi connectivity index (χ4v) is 6.74. The first-order chi connectivity index (χ1) is 26.1. The number of amides is 2. The van der Waals surface area contributed by atoms with Crippen LogP contribution in [-0.4, -0.2) is 66.5 Å². The lowest BCUT2D eigenvalue weighted by molar-refractivity contribution is -0.231. The molecule has 1 fully saturated rings. The molecule has 290 valence electrons. The van der Waals surface area contributed by atoms with Gasteiger partial charge in [-0.15, -0.1) is 10.2 Å². The summed E-state index contributed by atoms with van der Waals surface area (Å²) in [6, 6.07) is 16.6. The largest absolute Gasteiger partial charge is 0.477 e. The minimum Gasteiger partial charge on any atom is -0.477 e. The lowest BCUT2D eigenvalue weighted by atomic mass is 9.81. The quantitative estimate of drug-likeness (QED) is 0.0715. The lowest BCUT2D eigenvalue weighted by Crippen LogP contribution is -2.48. The summed E-state index contributed by atoms with van der Waals surface area (Å²) in [4.78, 5) is 48.0. The van der Waals surface area contributed by atoms with Crippen molar-refractivity contribution in [2.24, 2.45) is 17.6 Å². The number of halogens is 4. The third kappa shape index (κ3) is 8.23. The number of rotatable bonds is 13. The van der Waals surface area contributed by atoms with Gasteiger partial charge in [-0.05, 0) is 104 Å². The molecule has 1 aliphatic carbocycles. The van der Waals surface area contributed by atoms with Crippen LogP contribution in [-0.2, 0) is 26.7 Å². The second-order valence-electron chi connectivity index (χ2n) is 14.4. The number of anilines is 1. The normalized spacial score (nSPS) is 17.0. The zero-order valence-electron chi connectivity index (χ0n) is 30.4. The monoisotopic (exact) mass is 762 g/mol. The second kappa shape index (κ2) is 15.6. The van der Waals surface area contributed by atoms with Crippen molar-refractivity contribution in [2.75, 3.05) is 11.9 Å². The number of aromatic nitrogens is 5. The van der Waals surface area contributed by atoms with Crippen LogP contribution < -0.4 is 16.4 Å². The summed E-state index contributed by atoms with van der Waals surface area (Å²) >= 11 is 0. The smallest absolute Gasteiger partial charge is 0.411 e. The zero-order chi connectivity index (χ0) is 39.7. The summed E-state index contributed by atoms with van der Waals surface area (Å²) in [5, 5.41) is 20.8. The predicted molar refractivity (Wildman–Crippen MR) is 197 cm³/mol. The molecule has 1 atom stereocenters. The molecule has 6 rings (SSSR count). The van der Waals surface area contributed by atoms with E-state index in [4.69, 9.17) is 15.8 Å². The minimum atomic E-state index is -5.43. The minimum absolute atomic E-state index is 0.145. The number of nitrogens with one attached hydrogen (secondary N) is 4. The molecule has 5 aromatic rings. The molecule has 55 heavy (non-hydrogen) atoms. The van der Waals surface area contributed by atoms with Gasteiger partial charge in [0.15, 0.2) is 5.82 Å². The van der Waals surface area contributed by atoms with Gasteiger partial charge in [0.25, 0.3) is 0 Å². The maximum atomic E-state index is 14.2. The topological polar surface area (TPSA) is 192 Å². The Morgan fingerprint density at radius 2 is 1.58 bits per heavy atom. The van der Waals surface area contributed by atoms with Gasteiger partial charge in [0.2, 0.25) is 17.6 Å². The Labute approximate surface area is 313 Å². The van der Waals surface area contributed by atoms with Crippen molar-refractivity contribution < 1.29 is 37.1 Å². The van der Waals surface area contributed by atoms with Crippen molar-refractivity contribution in [3.8, 4) is 22.5 Å². The Balaban J connectivity index is 1.19. The molecule has 3 aromatic carbocycles. The number of carbonyl (C=O) groups is 3. The van der Waals surface area contributed by atoms with E-state index in [9.17, 15) is 31.9 Å². The number of aliphatic carboxylic acids is 1. The molecule has 1 saturated carbocycles. The van der Waals surface area contributed by atoms with Crippen molar-refractivity contribution in [1.29, 1.82) is 0 Å². The molecule has 12 nitrogen and oxygen atoms in total. The van der Waals surface area contributed by atoms with Crippen LogP contribution >= 0.6 is 0 Å². The number of nitrogens with zero attached hydrogens (tertiary/aromatic N) is 3. The highest BCUT2D eigenvalue weighted by molar-refractivity contribution is 5.98. The molecule has 0 spiro atoms. The van der Waals surface area contributed by atoms with E-state index in [1.54, 1.807) is 0 Å². The Bertz CT molecular complexity index is 2180. The van der Waals surface area contributed by atoms with Gasteiger partial charge in [0.05, 0.1) is 11.0 Å². The summed E-state index contributed by atoms with van der Waals surface area (Å²) in [5.41, 5.74) is 12.0. The number of aromatic amines is 2. The highest BCUT2D eigenvalue weighted by Crippen LogP contribution is 2.42. The van der Waals surface area contributed by atoms with Crippen LogP contribution in [0.1, 0.15) is 68.2 Å². The first-order valence-electron chi connectivity index (χ1n) is 18.0. The summed E-state index contributed by atoms with van der Waals surface area (Å²) < 4.78 is 55.8. The Hall–Kier alpha value is -5.64. The number of hydrogen-bond donors (Lipinski definition) is 6. The van der Waals surface area contributed by atoms with Crippen LogP contribution in [0.2, 0.25) is 0 Å². The van der Waals surface area contributed by atoms with Crippen LogP contribution in [0, 0.1) is 18.8 Å². The number of hydrogen-bond acceptors (Lipinski definition) is 7. The van der Waals surface area contributed by atoms with Crippen LogP contribution in [0.4, 0.5) is 23.2 Å². The highest BCUT2D eigenvalue weighted by atomic mass is 19.3. The molecule has 0 saturated heterocycles. The molecule has 0 radical (unpaired) electrons. The predicted octanol–water partition coefficient (Wildman–Crippen LogP) is 6.69. The molecule has 2 aromatic heterocycles. The van der Waals surface area contributed by atoms with E-state index in [1.165, 1.54) is 24.3 Å². The van der Waals surface area contributed by atoms with Crippen LogP contribution in [0.5, 0.6) is 0 Å². The van der Waals surface area contributed by atoms with Crippen molar-refractivity contribution in [1.82, 2.24) is 30.5 Å². The van der Waals surface area contributed by atoms with Crippen molar-refractivity contribution in [2.45, 2.75) is 76.7 Å². The fourth-order valence-electron chi connectivity index (χ4n) is 6.74. The maximum absolute atomic E-state index is 14.2. The number of nitrogens with two attached hydrogens (primary N) is 1. The van der Waals surface area contributed by atoms with Crippen LogP contribution in [0.3, 0.4) is 0 Å². The van der Waals surface area contributed by atoms with Gasteiger partial charge < -0.3 is 31.4 Å². The van der Waals surface area contributed by atoms with Gasteiger partial charge in [0.1, 0.15) is 11.9 Å². The molecule has 0 bridgehead atoms. The summed E-state index contributed by atoms with van der Waals surface area (Å²) in [5.74, 6) is -15.0. The number of imidazole rings is 1. The average molecular weight is 763 g/mol. The van der Waals surface area contributed by atoms with Gasteiger partial charge in [-0.25, -0.2) is 9.78 Å². The SMILES string of the molecule is Cc1cc2nc(C(C)C)[nH]c2cc1-c1ccc(C[C@H](NC(=O)[C@H]2CC[C@H](CN)CC2)C(=O)Nc2ccc(-c3nnc(C(F)(F)C(F)(F)C(=O)O)[nH]3)cc2)cc1. The number of carboxylic acid groups (broad SMARTS) is 1. The van der Waals surface area contributed by atoms with E-state index in [2.05, 4.69) is 51.8 Å². The molecule has 7 N–H and O–H groups in total. The van der Waals surface area contributed by atoms with Crippen LogP contribution in [0.25, 0.3) is 33.5 Å². The molecule has 0 aliphatic heterocycles. The van der Waals surface area contributed by atoms with Gasteiger partial charge in [-0.2, -0.15) is 17.6 Å². The molecule has 16 heteroatoms. The van der Waals surface area contributed by atoms with Crippen molar-refractivity contribution in [3.05, 3.63) is 83.4 Å². The molecule has 1 aliphatic rings. The van der Waals surface area contributed by atoms with Crippen molar-refractivity contribution in [3.63, 3.8) is 0 Å². The van der Waals surface area contributed by atoms with Gasteiger partial charge in [0, 0.05) is 29.5 Å². The molecular weight excluding hydrogens is 720 g/mol. The third-order valence-corrected chi connectivity index (χ3v) is 10.2. The Morgan fingerprint density at radius 3 is 2.20 bits per heavy atom. The number of alkyl halides is 4. The Kier molecular flexibility index (Phi) is 11.1. The maximum Gasteiger partial charge on any atom is 0.411 e. The molecular formula is C39H42F4N8O4. The number of H-pyrrole nitrogens is 2. The number of carbonyl (C=O) groups excluding carboxylic acids is 2. The zero-order valence-corrected chi connectivity index (χ0v) is 30.4. The molecule has 2 amide bonds. The van der Waals surface area contributed by atoms with E-state index in [0.29, 0.717) is 31.0 Å². The van der Waals surface area contributed by atoms with Crippen LogP contribution in [0.15, 0.2) is 60.7 Å².